The Morgan fingerprint density at radius 1 is 1.40 bits per heavy atom. The number of carbonyl (C=O) groups is 1. The van der Waals surface area contributed by atoms with Crippen molar-refractivity contribution in [3.63, 3.8) is 0 Å². The highest BCUT2D eigenvalue weighted by Crippen LogP contribution is 2.33. The highest BCUT2D eigenvalue weighted by Gasteiger charge is 2.33. The molecule has 0 saturated carbocycles. The van der Waals surface area contributed by atoms with Gasteiger partial charge in [0.15, 0.2) is 5.96 Å². The largest absolute Gasteiger partial charge is 0.416 e. The lowest BCUT2D eigenvalue weighted by Crippen LogP contribution is -2.42. The Balaban J connectivity index is 2.38. The molecule has 2 rings (SSSR count). The Morgan fingerprint density at radius 2 is 2.05 bits per heavy atom. The minimum absolute atomic E-state index is 0.0811. The molecule has 1 unspecified atom stereocenters. The summed E-state index contributed by atoms with van der Waals surface area (Å²) in [5.41, 5.74) is 4.33. The number of benzene rings is 1. The molecule has 4 nitrogen and oxygen atoms in total. The summed E-state index contributed by atoms with van der Waals surface area (Å²) in [6.07, 6.45) is -4.76. The number of rotatable bonds is 1. The molecule has 1 aliphatic rings. The number of hydrogen-bond donors (Lipinski definition) is 1. The summed E-state index contributed by atoms with van der Waals surface area (Å²) in [6.45, 7) is 0. The van der Waals surface area contributed by atoms with Crippen LogP contribution in [0.4, 0.5) is 17.6 Å². The number of guanidine groups is 1. The van der Waals surface area contributed by atoms with Gasteiger partial charge in [-0.05, 0) is 12.1 Å². The molecule has 0 fully saturated rings. The zero-order chi connectivity index (χ0) is 15.1. The third-order valence-electron chi connectivity index (χ3n) is 3.06. The van der Waals surface area contributed by atoms with E-state index in [4.69, 9.17) is 5.73 Å². The van der Waals surface area contributed by atoms with E-state index in [1.807, 2.05) is 0 Å². The molecule has 8 heteroatoms. The van der Waals surface area contributed by atoms with Gasteiger partial charge in [0.1, 0.15) is 5.82 Å². The third-order valence-corrected chi connectivity index (χ3v) is 3.06. The van der Waals surface area contributed by atoms with Crippen LogP contribution in [0.1, 0.15) is 23.6 Å². The molecule has 108 valence electrons. The molecule has 0 saturated heterocycles. The van der Waals surface area contributed by atoms with Crippen LogP contribution in [0.5, 0.6) is 0 Å². The second-order valence-electron chi connectivity index (χ2n) is 4.39. The van der Waals surface area contributed by atoms with Crippen LogP contribution in [0, 0.1) is 5.82 Å². The fourth-order valence-electron chi connectivity index (χ4n) is 1.88. The average molecular weight is 289 g/mol. The van der Waals surface area contributed by atoms with Gasteiger partial charge in [-0.15, -0.1) is 0 Å². The van der Waals surface area contributed by atoms with E-state index in [-0.39, 0.29) is 23.9 Å². The molecule has 0 aromatic heterocycles. The van der Waals surface area contributed by atoms with Crippen molar-refractivity contribution in [2.45, 2.75) is 18.6 Å². The molecule has 0 aliphatic carbocycles. The molecule has 20 heavy (non-hydrogen) atoms. The van der Waals surface area contributed by atoms with Gasteiger partial charge in [0.25, 0.3) is 0 Å². The normalized spacial score (nSPS) is 20.1. The van der Waals surface area contributed by atoms with Crippen molar-refractivity contribution in [1.29, 1.82) is 0 Å². The maximum absolute atomic E-state index is 13.8. The number of hydrogen-bond acceptors (Lipinski definition) is 3. The van der Waals surface area contributed by atoms with Crippen molar-refractivity contribution in [2.75, 3.05) is 7.05 Å². The Morgan fingerprint density at radius 3 is 2.55 bits per heavy atom. The molecule has 0 bridgehead atoms. The fraction of sp³-hybridized carbons (Fsp3) is 0.333. The highest BCUT2D eigenvalue weighted by molar-refractivity contribution is 5.98. The minimum atomic E-state index is -4.62. The van der Waals surface area contributed by atoms with Crippen molar-refractivity contribution in [2.24, 2.45) is 10.7 Å². The number of carbonyl (C=O) groups excluding carboxylic acids is 1. The summed E-state index contributed by atoms with van der Waals surface area (Å²) >= 11 is 0. The molecule has 0 spiro atoms. The smallest absolute Gasteiger partial charge is 0.369 e. The number of amides is 1. The molecular formula is C12H11F4N3O. The van der Waals surface area contributed by atoms with E-state index in [1.54, 1.807) is 0 Å². The number of nitrogens with two attached hydrogens (primary N) is 1. The van der Waals surface area contributed by atoms with Crippen molar-refractivity contribution in [3.8, 4) is 0 Å². The SMILES string of the molecule is CN1C(=O)CC(c2ccc(C(F)(F)F)cc2F)N=C1N. The first-order valence-electron chi connectivity index (χ1n) is 5.66. The fourth-order valence-corrected chi connectivity index (χ4v) is 1.88. The molecule has 1 amide bonds. The summed E-state index contributed by atoms with van der Waals surface area (Å²) in [4.78, 5) is 16.6. The van der Waals surface area contributed by atoms with E-state index < -0.39 is 23.6 Å². The van der Waals surface area contributed by atoms with E-state index in [9.17, 15) is 22.4 Å². The van der Waals surface area contributed by atoms with E-state index in [1.165, 1.54) is 7.05 Å². The quantitative estimate of drug-likeness (QED) is 0.804. The van der Waals surface area contributed by atoms with Gasteiger partial charge in [-0.3, -0.25) is 9.69 Å². The first-order valence-corrected chi connectivity index (χ1v) is 5.66. The van der Waals surface area contributed by atoms with Crippen LogP contribution < -0.4 is 5.73 Å². The Labute approximate surface area is 111 Å². The topological polar surface area (TPSA) is 58.7 Å². The summed E-state index contributed by atoms with van der Waals surface area (Å²) in [6, 6.07) is 1.23. The maximum Gasteiger partial charge on any atom is 0.416 e. The molecular weight excluding hydrogens is 278 g/mol. The highest BCUT2D eigenvalue weighted by atomic mass is 19.4. The molecule has 1 aliphatic heterocycles. The van der Waals surface area contributed by atoms with Crippen LogP contribution in [0.2, 0.25) is 0 Å². The monoisotopic (exact) mass is 289 g/mol. The molecule has 1 atom stereocenters. The van der Waals surface area contributed by atoms with Crippen molar-refractivity contribution >= 4 is 11.9 Å². The first kappa shape index (κ1) is 14.3. The summed E-state index contributed by atoms with van der Waals surface area (Å²) in [5.74, 6) is -1.52. The van der Waals surface area contributed by atoms with E-state index in [0.717, 1.165) is 17.0 Å². The van der Waals surface area contributed by atoms with Crippen molar-refractivity contribution in [3.05, 3.63) is 35.1 Å². The molecule has 1 aromatic carbocycles. The number of nitrogens with zero attached hydrogens (tertiary/aromatic N) is 2. The zero-order valence-electron chi connectivity index (χ0n) is 10.4. The lowest BCUT2D eigenvalue weighted by molar-refractivity contribution is -0.137. The minimum Gasteiger partial charge on any atom is -0.369 e. The number of alkyl halides is 3. The average Bonchev–Trinajstić information content (AvgIpc) is 2.34. The Bertz CT molecular complexity index is 583. The van der Waals surface area contributed by atoms with Crippen LogP contribution in [0.25, 0.3) is 0 Å². The van der Waals surface area contributed by atoms with Crippen molar-refractivity contribution in [1.82, 2.24) is 4.90 Å². The zero-order valence-corrected chi connectivity index (χ0v) is 10.4. The Hall–Kier alpha value is -2.12. The third kappa shape index (κ3) is 2.59. The predicted molar refractivity (Wildman–Crippen MR) is 63.2 cm³/mol. The van der Waals surface area contributed by atoms with E-state index >= 15 is 0 Å². The van der Waals surface area contributed by atoms with Crippen molar-refractivity contribution < 1.29 is 22.4 Å². The van der Waals surface area contributed by atoms with Gasteiger partial charge < -0.3 is 5.73 Å². The summed E-state index contributed by atoms with van der Waals surface area (Å²) in [7, 11) is 1.42. The Kier molecular flexibility index (Phi) is 3.41. The molecule has 2 N–H and O–H groups in total. The van der Waals surface area contributed by atoms with Crippen LogP contribution in [0.3, 0.4) is 0 Å². The lowest BCUT2D eigenvalue weighted by atomic mass is 10.00. The lowest BCUT2D eigenvalue weighted by Gasteiger charge is -2.26. The van der Waals surface area contributed by atoms with Gasteiger partial charge >= 0.3 is 6.18 Å². The van der Waals surface area contributed by atoms with Crippen LogP contribution in [0.15, 0.2) is 23.2 Å². The second-order valence-corrected chi connectivity index (χ2v) is 4.39. The van der Waals surface area contributed by atoms with Gasteiger partial charge in [-0.2, -0.15) is 13.2 Å². The summed E-state index contributed by atoms with van der Waals surface area (Å²) in [5, 5.41) is 0. The molecule has 1 heterocycles. The van der Waals surface area contributed by atoms with Crippen LogP contribution in [-0.4, -0.2) is 23.8 Å². The standard InChI is InChI=1S/C12H11F4N3O/c1-19-10(20)5-9(18-11(19)17)7-3-2-6(4-8(7)13)12(14,15)16/h2-4,9H,5H2,1H3,(H2,17,18). The van der Waals surface area contributed by atoms with E-state index in [0.29, 0.717) is 6.07 Å². The first-order chi connectivity index (χ1) is 9.20. The van der Waals surface area contributed by atoms with E-state index in [2.05, 4.69) is 4.99 Å². The second kappa shape index (κ2) is 4.77. The van der Waals surface area contributed by atoms with Gasteiger partial charge in [0.2, 0.25) is 5.91 Å². The molecule has 0 radical (unpaired) electrons. The van der Waals surface area contributed by atoms with Crippen LogP contribution >= 0.6 is 0 Å². The number of halogens is 4. The van der Waals surface area contributed by atoms with Gasteiger partial charge in [-0.25, -0.2) is 9.38 Å². The van der Waals surface area contributed by atoms with Gasteiger partial charge in [0.05, 0.1) is 18.0 Å². The van der Waals surface area contributed by atoms with Gasteiger partial charge in [0, 0.05) is 12.6 Å². The summed E-state index contributed by atoms with van der Waals surface area (Å²) < 4.78 is 51.1. The number of aliphatic imine (C=N–C) groups is 1. The van der Waals surface area contributed by atoms with Gasteiger partial charge in [-0.1, -0.05) is 6.07 Å². The van der Waals surface area contributed by atoms with Crippen LogP contribution in [-0.2, 0) is 11.0 Å². The maximum atomic E-state index is 13.8. The predicted octanol–water partition coefficient (Wildman–Crippen LogP) is 2.06. The molecule has 1 aromatic rings.